The highest BCUT2D eigenvalue weighted by Gasteiger charge is 2.15. The van der Waals surface area contributed by atoms with Gasteiger partial charge in [0.25, 0.3) is 0 Å². The number of esters is 1. The van der Waals surface area contributed by atoms with Crippen molar-refractivity contribution >= 4 is 28.6 Å². The lowest BCUT2D eigenvalue weighted by molar-refractivity contribution is -0.116. The van der Waals surface area contributed by atoms with Crippen molar-refractivity contribution in [2.75, 3.05) is 12.4 Å². The van der Waals surface area contributed by atoms with E-state index in [-0.39, 0.29) is 30.1 Å². The van der Waals surface area contributed by atoms with Crippen molar-refractivity contribution in [3.8, 4) is 0 Å². The minimum absolute atomic E-state index is 0.101. The van der Waals surface area contributed by atoms with Crippen molar-refractivity contribution in [3.63, 3.8) is 0 Å². The van der Waals surface area contributed by atoms with Crippen LogP contribution >= 0.6 is 0 Å². The number of benzene rings is 2. The first-order valence-electron chi connectivity index (χ1n) is 8.14. The number of carbonyl (C=O) groups excluding carboxylic acids is 2. The summed E-state index contributed by atoms with van der Waals surface area (Å²) in [7, 11) is 2.99. The minimum atomic E-state index is -0.522. The number of hydrogen-bond donors (Lipinski definition) is 1. The highest BCUT2D eigenvalue weighted by molar-refractivity contribution is 6.01. The number of methoxy groups -OCH3 is 1. The second-order valence-electron chi connectivity index (χ2n) is 5.82. The lowest BCUT2D eigenvalue weighted by atomic mass is 10.1. The Kier molecular flexibility index (Phi) is 4.88. The standard InChI is InChI=1S/C19H19N3O4/c1-21-15-9-5-6-10-16(15)22(19(21)25)12-11-17(23)20-14-8-4-3-7-13(14)18(24)26-2/h3-10H,11-12H2,1-2H3,(H,20,23). The number of rotatable bonds is 5. The molecule has 0 saturated carbocycles. The van der Waals surface area contributed by atoms with Crippen molar-refractivity contribution in [2.45, 2.75) is 13.0 Å². The Bertz CT molecular complexity index is 1030. The Morgan fingerprint density at radius 3 is 2.42 bits per heavy atom. The van der Waals surface area contributed by atoms with Gasteiger partial charge in [0, 0.05) is 20.0 Å². The van der Waals surface area contributed by atoms with Crippen molar-refractivity contribution < 1.29 is 14.3 Å². The molecule has 0 saturated heterocycles. The molecular formula is C19H19N3O4. The first kappa shape index (κ1) is 17.5. The maximum Gasteiger partial charge on any atom is 0.339 e. The van der Waals surface area contributed by atoms with Crippen molar-refractivity contribution in [3.05, 3.63) is 64.6 Å². The first-order chi connectivity index (χ1) is 12.5. The summed E-state index contributed by atoms with van der Waals surface area (Å²) < 4.78 is 7.84. The van der Waals surface area contributed by atoms with Crippen LogP contribution in [0.15, 0.2) is 53.3 Å². The monoisotopic (exact) mass is 353 g/mol. The van der Waals surface area contributed by atoms with Crippen molar-refractivity contribution in [1.82, 2.24) is 9.13 Å². The van der Waals surface area contributed by atoms with Crippen molar-refractivity contribution in [1.29, 1.82) is 0 Å². The van der Waals surface area contributed by atoms with Crippen LogP contribution in [0.4, 0.5) is 5.69 Å². The van der Waals surface area contributed by atoms with Gasteiger partial charge in [-0.1, -0.05) is 24.3 Å². The Morgan fingerprint density at radius 2 is 1.69 bits per heavy atom. The molecule has 2 aromatic carbocycles. The molecule has 3 aromatic rings. The number of carbonyl (C=O) groups is 2. The maximum atomic E-state index is 12.4. The lowest BCUT2D eigenvalue weighted by Crippen LogP contribution is -2.25. The van der Waals surface area contributed by atoms with Crippen LogP contribution in [-0.4, -0.2) is 28.1 Å². The molecule has 7 heteroatoms. The fraction of sp³-hybridized carbons (Fsp3) is 0.211. The van der Waals surface area contributed by atoms with Gasteiger partial charge in [-0.25, -0.2) is 9.59 Å². The van der Waals surface area contributed by atoms with Gasteiger partial charge in [0.1, 0.15) is 0 Å². The van der Waals surface area contributed by atoms with E-state index in [2.05, 4.69) is 5.32 Å². The zero-order valence-corrected chi connectivity index (χ0v) is 14.6. The predicted molar refractivity (Wildman–Crippen MR) is 98.2 cm³/mol. The predicted octanol–water partition coefficient (Wildman–Crippen LogP) is 2.16. The molecule has 0 aliphatic heterocycles. The van der Waals surface area contributed by atoms with Crippen LogP contribution in [0.3, 0.4) is 0 Å². The van der Waals surface area contributed by atoms with Crippen LogP contribution in [0.5, 0.6) is 0 Å². The number of nitrogens with zero attached hydrogens (tertiary/aromatic N) is 2. The zero-order chi connectivity index (χ0) is 18.7. The van der Waals surface area contributed by atoms with Gasteiger partial charge in [0.2, 0.25) is 5.91 Å². The number of anilines is 1. The number of imidazole rings is 1. The molecule has 7 nitrogen and oxygen atoms in total. The molecule has 0 bridgehead atoms. The molecule has 134 valence electrons. The van der Waals surface area contributed by atoms with Gasteiger partial charge in [0.05, 0.1) is 29.4 Å². The summed E-state index contributed by atoms with van der Waals surface area (Å²) in [6.07, 6.45) is 0.101. The topological polar surface area (TPSA) is 82.3 Å². The van der Waals surface area contributed by atoms with Gasteiger partial charge in [-0.05, 0) is 24.3 Å². The Balaban J connectivity index is 1.76. The van der Waals surface area contributed by atoms with E-state index in [0.29, 0.717) is 5.69 Å². The molecule has 0 atom stereocenters. The Hall–Kier alpha value is -3.35. The summed E-state index contributed by atoms with van der Waals surface area (Å²) in [5, 5.41) is 2.71. The molecule has 1 heterocycles. The average Bonchev–Trinajstić information content (AvgIpc) is 2.91. The molecule has 0 fully saturated rings. The third-order valence-electron chi connectivity index (χ3n) is 4.22. The summed E-state index contributed by atoms with van der Waals surface area (Å²) in [6, 6.07) is 14.0. The van der Waals surface area contributed by atoms with Gasteiger partial charge in [0.15, 0.2) is 0 Å². The number of fused-ring (bicyclic) bond motifs is 1. The molecule has 0 spiro atoms. The molecule has 3 rings (SSSR count). The third-order valence-corrected chi connectivity index (χ3v) is 4.22. The number of aryl methyl sites for hydroxylation is 2. The molecule has 1 aromatic heterocycles. The van der Waals surface area contributed by atoms with E-state index < -0.39 is 5.97 Å². The normalized spacial score (nSPS) is 10.7. The minimum Gasteiger partial charge on any atom is -0.465 e. The fourth-order valence-corrected chi connectivity index (χ4v) is 2.89. The highest BCUT2D eigenvalue weighted by Crippen LogP contribution is 2.17. The number of amides is 1. The molecule has 0 aliphatic rings. The van der Waals surface area contributed by atoms with Crippen LogP contribution in [-0.2, 0) is 23.1 Å². The van der Waals surface area contributed by atoms with Crippen LogP contribution < -0.4 is 11.0 Å². The van der Waals surface area contributed by atoms with E-state index >= 15 is 0 Å². The zero-order valence-electron chi connectivity index (χ0n) is 14.6. The van der Waals surface area contributed by atoms with Crippen LogP contribution in [0.1, 0.15) is 16.8 Å². The highest BCUT2D eigenvalue weighted by atomic mass is 16.5. The summed E-state index contributed by atoms with van der Waals surface area (Å²) >= 11 is 0. The van der Waals surface area contributed by atoms with Gasteiger partial charge in [-0.15, -0.1) is 0 Å². The number of ether oxygens (including phenoxy) is 1. The lowest BCUT2D eigenvalue weighted by Gasteiger charge is -2.10. The van der Waals surface area contributed by atoms with E-state index in [9.17, 15) is 14.4 Å². The molecular weight excluding hydrogens is 334 g/mol. The summed E-state index contributed by atoms with van der Waals surface area (Å²) in [4.78, 5) is 36.5. The smallest absolute Gasteiger partial charge is 0.339 e. The summed E-state index contributed by atoms with van der Waals surface area (Å²) in [5.41, 5.74) is 2.09. The maximum absolute atomic E-state index is 12.4. The van der Waals surface area contributed by atoms with E-state index in [1.807, 2.05) is 24.3 Å². The van der Waals surface area contributed by atoms with E-state index in [4.69, 9.17) is 4.74 Å². The van der Waals surface area contributed by atoms with E-state index in [1.54, 1.807) is 40.4 Å². The van der Waals surface area contributed by atoms with Gasteiger partial charge < -0.3 is 10.1 Å². The molecule has 26 heavy (non-hydrogen) atoms. The van der Waals surface area contributed by atoms with Crippen LogP contribution in [0.2, 0.25) is 0 Å². The molecule has 0 radical (unpaired) electrons. The number of nitrogens with one attached hydrogen (secondary N) is 1. The van der Waals surface area contributed by atoms with E-state index in [0.717, 1.165) is 11.0 Å². The van der Waals surface area contributed by atoms with Gasteiger partial charge >= 0.3 is 11.7 Å². The van der Waals surface area contributed by atoms with Crippen molar-refractivity contribution in [2.24, 2.45) is 7.05 Å². The largest absolute Gasteiger partial charge is 0.465 e. The molecule has 1 amide bonds. The third kappa shape index (κ3) is 3.23. The summed E-state index contributed by atoms with van der Waals surface area (Å²) in [6.45, 7) is 0.242. The van der Waals surface area contributed by atoms with Gasteiger partial charge in [-0.2, -0.15) is 0 Å². The second-order valence-corrected chi connectivity index (χ2v) is 5.82. The molecule has 0 unspecified atom stereocenters. The molecule has 0 aliphatic carbocycles. The average molecular weight is 353 g/mol. The van der Waals surface area contributed by atoms with E-state index in [1.165, 1.54) is 7.11 Å². The fourth-order valence-electron chi connectivity index (χ4n) is 2.89. The second kappa shape index (κ2) is 7.26. The van der Waals surface area contributed by atoms with Crippen LogP contribution in [0.25, 0.3) is 11.0 Å². The number of hydrogen-bond acceptors (Lipinski definition) is 4. The summed E-state index contributed by atoms with van der Waals surface area (Å²) in [5.74, 6) is -0.813. The Labute approximate surface area is 149 Å². The van der Waals surface area contributed by atoms with Crippen LogP contribution in [0, 0.1) is 0 Å². The van der Waals surface area contributed by atoms with Gasteiger partial charge in [-0.3, -0.25) is 13.9 Å². The number of aromatic nitrogens is 2. The Morgan fingerprint density at radius 1 is 1.04 bits per heavy atom. The first-order valence-corrected chi connectivity index (χ1v) is 8.14. The SMILES string of the molecule is COC(=O)c1ccccc1NC(=O)CCn1c(=O)n(C)c2ccccc21. The quantitative estimate of drug-likeness (QED) is 0.713. The number of para-hydroxylation sites is 3. The molecule has 1 N–H and O–H groups in total.